The van der Waals surface area contributed by atoms with Crippen molar-refractivity contribution in [2.75, 3.05) is 27.3 Å². The van der Waals surface area contributed by atoms with E-state index in [0.29, 0.717) is 11.8 Å². The van der Waals surface area contributed by atoms with Crippen LogP contribution in [0.1, 0.15) is 37.4 Å². The van der Waals surface area contributed by atoms with Crippen molar-refractivity contribution in [3.8, 4) is 5.75 Å². The first kappa shape index (κ1) is 17.1. The number of H-pyrrole nitrogens is 1. The molecular weight excluding hydrogens is 340 g/mol. The smallest absolute Gasteiger partial charge is 0.319 e. The third kappa shape index (κ3) is 2.18. The van der Waals surface area contributed by atoms with E-state index in [0.717, 1.165) is 49.3 Å². The van der Waals surface area contributed by atoms with E-state index < -0.39 is 5.41 Å². The maximum absolute atomic E-state index is 13.4. The number of hydrogen-bond acceptors (Lipinski definition) is 4. The molecule has 1 aliphatic carbocycles. The van der Waals surface area contributed by atoms with Crippen molar-refractivity contribution in [2.24, 2.45) is 11.8 Å². The number of nitrogens with one attached hydrogen (secondary N) is 1. The van der Waals surface area contributed by atoms with Gasteiger partial charge in [-0.15, -0.1) is 0 Å². The lowest BCUT2D eigenvalue weighted by Crippen LogP contribution is -2.67. The third-order valence-corrected chi connectivity index (χ3v) is 7.37. The number of aromatic amines is 1. The van der Waals surface area contributed by atoms with Gasteiger partial charge in [-0.25, -0.2) is 0 Å². The number of nitrogens with zero attached hydrogens (tertiary/aromatic N) is 1. The van der Waals surface area contributed by atoms with Crippen LogP contribution in [-0.2, 0) is 21.4 Å². The minimum Gasteiger partial charge on any atom is -0.497 e. The first-order chi connectivity index (χ1) is 13.1. The fourth-order valence-electron chi connectivity index (χ4n) is 6.42. The molecule has 0 amide bonds. The molecule has 27 heavy (non-hydrogen) atoms. The van der Waals surface area contributed by atoms with Crippen LogP contribution < -0.4 is 4.74 Å². The van der Waals surface area contributed by atoms with Crippen LogP contribution in [0, 0.1) is 11.8 Å². The highest BCUT2D eigenvalue weighted by atomic mass is 16.5. The molecule has 144 valence electrons. The first-order valence-electron chi connectivity index (χ1n) is 10.1. The van der Waals surface area contributed by atoms with Crippen molar-refractivity contribution in [1.29, 1.82) is 0 Å². The molecule has 1 saturated carbocycles. The lowest BCUT2D eigenvalue weighted by molar-refractivity contribution is -0.162. The van der Waals surface area contributed by atoms with Crippen LogP contribution in [0.25, 0.3) is 10.9 Å². The highest BCUT2D eigenvalue weighted by Gasteiger charge is 2.62. The maximum Gasteiger partial charge on any atom is 0.319 e. The largest absolute Gasteiger partial charge is 0.497 e. The minimum absolute atomic E-state index is 0.0676. The van der Waals surface area contributed by atoms with Crippen molar-refractivity contribution >= 4 is 16.9 Å². The molecule has 1 aromatic carbocycles. The molecule has 2 aromatic rings. The molecule has 0 radical (unpaired) electrons. The molecule has 1 N–H and O–H groups in total. The van der Waals surface area contributed by atoms with E-state index in [2.05, 4.69) is 28.9 Å². The average molecular weight is 368 g/mol. The number of carbonyl (C=O) groups excluding carboxylic acids is 1. The summed E-state index contributed by atoms with van der Waals surface area (Å²) < 4.78 is 10.9. The van der Waals surface area contributed by atoms with E-state index >= 15 is 0 Å². The zero-order valence-electron chi connectivity index (χ0n) is 16.4. The lowest BCUT2D eigenvalue weighted by atomic mass is 9.56. The normalized spacial score (nSPS) is 34.2. The first-order valence-corrected chi connectivity index (χ1v) is 10.1. The average Bonchev–Trinajstić information content (AvgIpc) is 3.04. The number of esters is 1. The highest BCUT2D eigenvalue weighted by Crippen LogP contribution is 2.55. The van der Waals surface area contributed by atoms with Crippen LogP contribution in [0.2, 0.25) is 0 Å². The Kier molecular flexibility index (Phi) is 3.80. The summed E-state index contributed by atoms with van der Waals surface area (Å²) >= 11 is 0. The molecule has 4 aliphatic rings. The van der Waals surface area contributed by atoms with Gasteiger partial charge in [-0.1, -0.05) is 13.3 Å². The van der Waals surface area contributed by atoms with E-state index in [9.17, 15) is 4.79 Å². The van der Waals surface area contributed by atoms with Crippen molar-refractivity contribution in [3.05, 3.63) is 29.5 Å². The summed E-state index contributed by atoms with van der Waals surface area (Å²) in [6.07, 6.45) is 4.20. The zero-order valence-corrected chi connectivity index (χ0v) is 16.4. The van der Waals surface area contributed by atoms with Crippen LogP contribution in [-0.4, -0.2) is 49.2 Å². The molecule has 6 rings (SSSR count). The second-order valence-corrected chi connectivity index (χ2v) is 8.52. The Labute approximate surface area is 160 Å². The van der Waals surface area contributed by atoms with Crippen LogP contribution in [0.5, 0.6) is 5.75 Å². The molecule has 3 fully saturated rings. The van der Waals surface area contributed by atoms with Gasteiger partial charge in [0.2, 0.25) is 0 Å². The topological polar surface area (TPSA) is 54.6 Å². The van der Waals surface area contributed by atoms with Crippen molar-refractivity contribution in [1.82, 2.24) is 9.88 Å². The second-order valence-electron chi connectivity index (χ2n) is 8.52. The van der Waals surface area contributed by atoms with Crippen molar-refractivity contribution in [2.45, 2.75) is 44.1 Å². The monoisotopic (exact) mass is 368 g/mol. The van der Waals surface area contributed by atoms with Gasteiger partial charge in [0.25, 0.3) is 0 Å². The van der Waals surface area contributed by atoms with Gasteiger partial charge in [0.1, 0.15) is 11.2 Å². The van der Waals surface area contributed by atoms with Gasteiger partial charge in [0.15, 0.2) is 0 Å². The molecule has 1 unspecified atom stereocenters. The number of benzene rings is 1. The van der Waals surface area contributed by atoms with Crippen LogP contribution in [0.15, 0.2) is 18.2 Å². The lowest BCUT2D eigenvalue weighted by Gasteiger charge is -2.57. The highest BCUT2D eigenvalue weighted by molar-refractivity contribution is 5.92. The summed E-state index contributed by atoms with van der Waals surface area (Å²) in [6, 6.07) is 6.40. The van der Waals surface area contributed by atoms with Gasteiger partial charge in [-0.3, -0.25) is 9.69 Å². The Bertz CT molecular complexity index is 904. The van der Waals surface area contributed by atoms with Gasteiger partial charge < -0.3 is 14.5 Å². The standard InChI is InChI=1S/C22H28N2O3/c1-4-14-9-13-11-22(21(25)27-3)19-16(7-8-24(12-13)20(14)22)17-10-15(26-2)5-6-18(17)23-19/h5-6,10,13-14,20,23H,4,7-9,11-12H2,1-3H3/t13-,14+,20-,22-/m0/s1. The molecule has 4 heterocycles. The van der Waals surface area contributed by atoms with Crippen LogP contribution in [0.4, 0.5) is 0 Å². The maximum atomic E-state index is 13.4. The van der Waals surface area contributed by atoms with E-state index in [1.54, 1.807) is 14.2 Å². The Morgan fingerprint density at radius 2 is 2.22 bits per heavy atom. The van der Waals surface area contributed by atoms with E-state index in [1.165, 1.54) is 17.4 Å². The Morgan fingerprint density at radius 1 is 1.37 bits per heavy atom. The Morgan fingerprint density at radius 3 is 2.96 bits per heavy atom. The second kappa shape index (κ2) is 5.99. The molecule has 0 spiro atoms. The summed E-state index contributed by atoms with van der Waals surface area (Å²) in [5.41, 5.74) is 2.90. The number of piperidine rings is 2. The number of rotatable bonds is 3. The van der Waals surface area contributed by atoms with Gasteiger partial charge in [-0.2, -0.15) is 0 Å². The summed E-state index contributed by atoms with van der Waals surface area (Å²) in [5.74, 6) is 1.90. The van der Waals surface area contributed by atoms with Crippen LogP contribution in [0.3, 0.4) is 0 Å². The molecule has 5 atom stereocenters. The molecule has 5 nitrogen and oxygen atoms in total. The molecule has 4 bridgehead atoms. The van der Waals surface area contributed by atoms with Gasteiger partial charge in [0.05, 0.1) is 14.2 Å². The van der Waals surface area contributed by atoms with E-state index in [4.69, 9.17) is 9.47 Å². The molecule has 1 aromatic heterocycles. The summed E-state index contributed by atoms with van der Waals surface area (Å²) in [7, 11) is 3.24. The van der Waals surface area contributed by atoms with E-state index in [-0.39, 0.29) is 12.0 Å². The third-order valence-electron chi connectivity index (χ3n) is 7.37. The fourth-order valence-corrected chi connectivity index (χ4v) is 6.42. The number of carbonyl (C=O) groups is 1. The molecule has 5 heteroatoms. The van der Waals surface area contributed by atoms with Crippen molar-refractivity contribution < 1.29 is 14.3 Å². The minimum atomic E-state index is -0.575. The number of ether oxygens (including phenoxy) is 2. The molecule has 2 saturated heterocycles. The van der Waals surface area contributed by atoms with Crippen LogP contribution >= 0.6 is 0 Å². The number of methoxy groups -OCH3 is 2. The van der Waals surface area contributed by atoms with E-state index in [1.807, 2.05) is 6.07 Å². The fraction of sp³-hybridized carbons (Fsp3) is 0.591. The quantitative estimate of drug-likeness (QED) is 0.845. The van der Waals surface area contributed by atoms with Gasteiger partial charge in [0, 0.05) is 35.7 Å². The number of fused-ring (bicyclic) bond motifs is 4. The summed E-state index contributed by atoms with van der Waals surface area (Å²) in [4.78, 5) is 19.6. The zero-order chi connectivity index (χ0) is 18.8. The number of aromatic nitrogens is 1. The molecule has 3 aliphatic heterocycles. The SMILES string of the molecule is CC[C@@H]1C[C@@H]2CN3CCc4c([nH]c5ccc(OC)cc45)[C@@](C(=O)OC)(C2)[C@H]13. The number of hydrogen-bond donors (Lipinski definition) is 1. The Hall–Kier alpha value is -2.01. The summed E-state index contributed by atoms with van der Waals surface area (Å²) in [5, 5.41) is 1.19. The van der Waals surface area contributed by atoms with Gasteiger partial charge >= 0.3 is 5.97 Å². The van der Waals surface area contributed by atoms with Gasteiger partial charge in [-0.05, 0) is 54.9 Å². The summed E-state index contributed by atoms with van der Waals surface area (Å²) in [6.45, 7) is 4.39. The van der Waals surface area contributed by atoms with Crippen molar-refractivity contribution in [3.63, 3.8) is 0 Å². The predicted octanol–water partition coefficient (Wildman–Crippen LogP) is 3.26. The predicted molar refractivity (Wildman–Crippen MR) is 104 cm³/mol. The Balaban J connectivity index is 1.79. The molecular formula is C22H28N2O3.